The number of hydrogen-bond donors (Lipinski definition) is 0. The Labute approximate surface area is 124 Å². The van der Waals surface area contributed by atoms with Crippen LogP contribution < -0.4 is 9.64 Å². The normalized spacial score (nSPS) is 17.0. The molecule has 1 atom stereocenters. The van der Waals surface area contributed by atoms with E-state index in [4.69, 9.17) is 4.74 Å². The van der Waals surface area contributed by atoms with Crippen LogP contribution in [-0.2, 0) is 0 Å². The van der Waals surface area contributed by atoms with Crippen molar-refractivity contribution in [3.63, 3.8) is 0 Å². The number of benzene rings is 1. The molecule has 2 rings (SSSR count). The smallest absolute Gasteiger partial charge is 0.119 e. The fourth-order valence-electron chi connectivity index (χ4n) is 2.86. The van der Waals surface area contributed by atoms with Crippen molar-refractivity contribution in [2.24, 2.45) is 0 Å². The standard InChI is InChI=1S/C18H29NO/c1-3-5-9-17(4-2)20-18-12-10-16(11-13-18)19-14-7-6-8-15-19/h10-13,17H,3-9,14-15H2,1-2H3. The van der Waals surface area contributed by atoms with Crippen LogP contribution in [0, 0.1) is 0 Å². The van der Waals surface area contributed by atoms with Crippen LogP contribution in [0.25, 0.3) is 0 Å². The quantitative estimate of drug-likeness (QED) is 0.692. The van der Waals surface area contributed by atoms with E-state index in [-0.39, 0.29) is 0 Å². The minimum atomic E-state index is 0.371. The van der Waals surface area contributed by atoms with E-state index >= 15 is 0 Å². The Morgan fingerprint density at radius 3 is 2.35 bits per heavy atom. The second-order valence-corrected chi connectivity index (χ2v) is 5.83. The van der Waals surface area contributed by atoms with Crippen molar-refractivity contribution in [1.29, 1.82) is 0 Å². The van der Waals surface area contributed by atoms with Crippen LogP contribution in [0.5, 0.6) is 5.75 Å². The third-order valence-corrected chi connectivity index (χ3v) is 4.20. The zero-order valence-electron chi connectivity index (χ0n) is 13.1. The van der Waals surface area contributed by atoms with Crippen LogP contribution >= 0.6 is 0 Å². The summed E-state index contributed by atoms with van der Waals surface area (Å²) in [5.74, 6) is 1.02. The summed E-state index contributed by atoms with van der Waals surface area (Å²) >= 11 is 0. The third-order valence-electron chi connectivity index (χ3n) is 4.20. The number of piperidine rings is 1. The first-order valence-electron chi connectivity index (χ1n) is 8.35. The number of unbranched alkanes of at least 4 members (excludes halogenated alkanes) is 1. The van der Waals surface area contributed by atoms with E-state index < -0.39 is 0 Å². The average molecular weight is 275 g/mol. The lowest BCUT2D eigenvalue weighted by Gasteiger charge is -2.29. The molecule has 1 aromatic rings. The van der Waals surface area contributed by atoms with Gasteiger partial charge in [0.25, 0.3) is 0 Å². The fraction of sp³-hybridized carbons (Fsp3) is 0.667. The van der Waals surface area contributed by atoms with Gasteiger partial charge in [0.1, 0.15) is 5.75 Å². The summed E-state index contributed by atoms with van der Waals surface area (Å²) in [5.41, 5.74) is 1.35. The monoisotopic (exact) mass is 275 g/mol. The molecular weight excluding hydrogens is 246 g/mol. The maximum atomic E-state index is 6.09. The molecule has 0 amide bonds. The summed E-state index contributed by atoms with van der Waals surface area (Å²) in [4.78, 5) is 2.49. The van der Waals surface area contributed by atoms with Gasteiger partial charge >= 0.3 is 0 Å². The van der Waals surface area contributed by atoms with Crippen LogP contribution in [0.4, 0.5) is 5.69 Å². The van der Waals surface area contributed by atoms with E-state index in [1.165, 1.54) is 57.3 Å². The number of ether oxygens (including phenoxy) is 1. The van der Waals surface area contributed by atoms with E-state index in [0.29, 0.717) is 6.10 Å². The third kappa shape index (κ3) is 4.43. The van der Waals surface area contributed by atoms with Crippen molar-refractivity contribution in [3.8, 4) is 5.75 Å². The molecule has 0 bridgehead atoms. The van der Waals surface area contributed by atoms with Gasteiger partial charge in [0, 0.05) is 18.8 Å². The summed E-state index contributed by atoms with van der Waals surface area (Å²) in [7, 11) is 0. The molecule has 1 heterocycles. The van der Waals surface area contributed by atoms with E-state index in [9.17, 15) is 0 Å². The van der Waals surface area contributed by atoms with Gasteiger partial charge in [0.2, 0.25) is 0 Å². The zero-order chi connectivity index (χ0) is 14.2. The molecule has 1 aliphatic heterocycles. The van der Waals surface area contributed by atoms with Crippen molar-refractivity contribution in [2.75, 3.05) is 18.0 Å². The van der Waals surface area contributed by atoms with Crippen molar-refractivity contribution in [2.45, 2.75) is 64.9 Å². The van der Waals surface area contributed by atoms with Crippen LogP contribution in [-0.4, -0.2) is 19.2 Å². The minimum Gasteiger partial charge on any atom is -0.490 e. The number of hydrogen-bond acceptors (Lipinski definition) is 2. The first-order valence-corrected chi connectivity index (χ1v) is 8.35. The van der Waals surface area contributed by atoms with Crippen molar-refractivity contribution >= 4 is 5.69 Å². The van der Waals surface area contributed by atoms with Gasteiger partial charge in [-0.25, -0.2) is 0 Å². The van der Waals surface area contributed by atoms with Gasteiger partial charge in [0.15, 0.2) is 0 Å². The average Bonchev–Trinajstić information content (AvgIpc) is 2.53. The summed E-state index contributed by atoms with van der Waals surface area (Å²) < 4.78 is 6.09. The largest absolute Gasteiger partial charge is 0.490 e. The SMILES string of the molecule is CCCCC(CC)Oc1ccc(N2CCCCC2)cc1. The molecular formula is C18H29NO. The highest BCUT2D eigenvalue weighted by Crippen LogP contribution is 2.24. The van der Waals surface area contributed by atoms with Gasteiger partial charge in [-0.1, -0.05) is 26.7 Å². The predicted octanol–water partition coefficient (Wildman–Crippen LogP) is 5.02. The molecule has 0 radical (unpaired) electrons. The second-order valence-electron chi connectivity index (χ2n) is 5.83. The molecule has 0 aliphatic carbocycles. The topological polar surface area (TPSA) is 12.5 Å². The fourth-order valence-corrected chi connectivity index (χ4v) is 2.86. The van der Waals surface area contributed by atoms with Crippen molar-refractivity contribution in [1.82, 2.24) is 0 Å². The van der Waals surface area contributed by atoms with E-state index in [1.54, 1.807) is 0 Å². The molecule has 1 aliphatic rings. The highest BCUT2D eigenvalue weighted by Gasteiger charge is 2.11. The first-order chi connectivity index (χ1) is 9.83. The lowest BCUT2D eigenvalue weighted by atomic mass is 10.1. The van der Waals surface area contributed by atoms with Gasteiger partial charge < -0.3 is 9.64 Å². The molecule has 112 valence electrons. The molecule has 1 aromatic carbocycles. The van der Waals surface area contributed by atoms with Gasteiger partial charge in [-0.15, -0.1) is 0 Å². The Morgan fingerprint density at radius 2 is 1.75 bits per heavy atom. The van der Waals surface area contributed by atoms with Crippen LogP contribution in [0.1, 0.15) is 58.8 Å². The molecule has 1 saturated heterocycles. The number of rotatable bonds is 7. The lowest BCUT2D eigenvalue weighted by Crippen LogP contribution is -2.29. The Bertz CT molecular complexity index is 368. The maximum Gasteiger partial charge on any atom is 0.119 e. The van der Waals surface area contributed by atoms with Crippen LogP contribution in [0.2, 0.25) is 0 Å². The van der Waals surface area contributed by atoms with Gasteiger partial charge in [-0.05, 0) is 56.4 Å². The summed E-state index contributed by atoms with van der Waals surface area (Å²) in [6.45, 7) is 6.85. The van der Waals surface area contributed by atoms with E-state index in [1.807, 2.05) is 0 Å². The van der Waals surface area contributed by atoms with E-state index in [0.717, 1.165) is 12.2 Å². The Morgan fingerprint density at radius 1 is 1.05 bits per heavy atom. The van der Waals surface area contributed by atoms with Gasteiger partial charge in [-0.2, -0.15) is 0 Å². The highest BCUT2D eigenvalue weighted by atomic mass is 16.5. The maximum absolute atomic E-state index is 6.09. The molecule has 2 heteroatoms. The van der Waals surface area contributed by atoms with Crippen molar-refractivity contribution < 1.29 is 4.74 Å². The predicted molar refractivity (Wildman–Crippen MR) is 86.7 cm³/mol. The lowest BCUT2D eigenvalue weighted by molar-refractivity contribution is 0.183. The highest BCUT2D eigenvalue weighted by molar-refractivity contribution is 5.49. The summed E-state index contributed by atoms with van der Waals surface area (Å²) in [6.07, 6.45) is 9.16. The van der Waals surface area contributed by atoms with Gasteiger partial charge in [-0.3, -0.25) is 0 Å². The van der Waals surface area contributed by atoms with Crippen LogP contribution in [0.3, 0.4) is 0 Å². The molecule has 1 fully saturated rings. The van der Waals surface area contributed by atoms with Crippen LogP contribution in [0.15, 0.2) is 24.3 Å². The Hall–Kier alpha value is -1.18. The molecule has 0 N–H and O–H groups in total. The minimum absolute atomic E-state index is 0.371. The summed E-state index contributed by atoms with van der Waals surface area (Å²) in [6, 6.07) is 8.71. The molecule has 20 heavy (non-hydrogen) atoms. The second kappa shape index (κ2) is 8.18. The number of nitrogens with zero attached hydrogens (tertiary/aromatic N) is 1. The Kier molecular flexibility index (Phi) is 6.23. The number of anilines is 1. The first kappa shape index (κ1) is 15.2. The van der Waals surface area contributed by atoms with Gasteiger partial charge in [0.05, 0.1) is 6.10 Å². The molecule has 0 spiro atoms. The molecule has 1 unspecified atom stereocenters. The van der Waals surface area contributed by atoms with E-state index in [2.05, 4.69) is 43.0 Å². The zero-order valence-corrected chi connectivity index (χ0v) is 13.1. The molecule has 2 nitrogen and oxygen atoms in total. The summed E-state index contributed by atoms with van der Waals surface area (Å²) in [5, 5.41) is 0. The molecule has 0 aromatic heterocycles. The van der Waals surface area contributed by atoms with Crippen molar-refractivity contribution in [3.05, 3.63) is 24.3 Å². The molecule has 0 saturated carbocycles. The Balaban J connectivity index is 1.89.